The van der Waals surface area contributed by atoms with Crippen LogP contribution in [0.5, 0.6) is 0 Å². The average Bonchev–Trinajstić information content (AvgIpc) is 2.98. The van der Waals surface area contributed by atoms with Crippen LogP contribution in [0.3, 0.4) is 0 Å². The number of thiazole rings is 1. The largest absolute Gasteiger partial charge is 0.293 e. The molecule has 4 heteroatoms. The molecule has 0 radical (unpaired) electrons. The first-order valence-electron chi connectivity index (χ1n) is 5.87. The summed E-state index contributed by atoms with van der Waals surface area (Å²) in [6.45, 7) is 5.33. The Morgan fingerprint density at radius 1 is 1.41 bits per heavy atom. The second-order valence-electron chi connectivity index (χ2n) is 4.19. The van der Waals surface area contributed by atoms with E-state index in [9.17, 15) is 0 Å². The molecule has 0 spiro atoms. The zero-order chi connectivity index (χ0) is 12.3. The van der Waals surface area contributed by atoms with Gasteiger partial charge in [0.25, 0.3) is 0 Å². The van der Waals surface area contributed by atoms with Crippen LogP contribution in [0.1, 0.15) is 35.5 Å². The van der Waals surface area contributed by atoms with Crippen LogP contribution >= 0.6 is 22.7 Å². The van der Waals surface area contributed by atoms with Gasteiger partial charge in [0, 0.05) is 22.8 Å². The van der Waals surface area contributed by atoms with Gasteiger partial charge in [0.2, 0.25) is 0 Å². The third-order valence-corrected chi connectivity index (χ3v) is 5.01. The summed E-state index contributed by atoms with van der Waals surface area (Å²) in [5.41, 5.74) is 1.19. The zero-order valence-corrected chi connectivity index (χ0v) is 12.1. The predicted octanol–water partition coefficient (Wildman–Crippen LogP) is 3.96. The lowest BCUT2D eigenvalue weighted by atomic mass is 10.2. The molecule has 2 aromatic rings. The van der Waals surface area contributed by atoms with Gasteiger partial charge in [-0.2, -0.15) is 0 Å². The first kappa shape index (κ1) is 12.7. The molecule has 0 amide bonds. The topological polar surface area (TPSA) is 16.1 Å². The maximum Gasteiger partial charge on any atom is 0.0926 e. The molecule has 0 aromatic carbocycles. The summed E-state index contributed by atoms with van der Waals surface area (Å²) < 4.78 is 0. The lowest BCUT2D eigenvalue weighted by molar-refractivity contribution is 0.254. The van der Waals surface area contributed by atoms with E-state index in [1.54, 1.807) is 11.3 Å². The van der Waals surface area contributed by atoms with E-state index >= 15 is 0 Å². The van der Waals surface area contributed by atoms with Crippen molar-refractivity contribution in [3.8, 4) is 0 Å². The standard InChI is InChI=1S/C13H18N2S2/c1-4-13-14-11(9-17-13)8-15(3)10(2)12-6-5-7-16-12/h5-7,9-10H,4,8H2,1-3H3. The van der Waals surface area contributed by atoms with Gasteiger partial charge in [-0.1, -0.05) is 13.0 Å². The van der Waals surface area contributed by atoms with Crippen LogP contribution in [-0.4, -0.2) is 16.9 Å². The molecule has 2 nitrogen and oxygen atoms in total. The molecule has 2 rings (SSSR count). The second kappa shape index (κ2) is 5.76. The maximum absolute atomic E-state index is 4.61. The van der Waals surface area contributed by atoms with E-state index in [1.807, 2.05) is 11.3 Å². The Hall–Kier alpha value is -0.710. The first-order chi connectivity index (χ1) is 8.20. The molecule has 0 aliphatic heterocycles. The molecule has 2 aromatic heterocycles. The van der Waals surface area contributed by atoms with Gasteiger partial charge >= 0.3 is 0 Å². The van der Waals surface area contributed by atoms with Gasteiger partial charge in [-0.15, -0.1) is 22.7 Å². The number of aromatic nitrogens is 1. The Kier molecular flexibility index (Phi) is 4.31. The fraction of sp³-hybridized carbons (Fsp3) is 0.462. The molecular formula is C13H18N2S2. The van der Waals surface area contributed by atoms with Gasteiger partial charge in [0.15, 0.2) is 0 Å². The van der Waals surface area contributed by atoms with E-state index in [2.05, 4.69) is 53.7 Å². The van der Waals surface area contributed by atoms with E-state index in [4.69, 9.17) is 0 Å². The van der Waals surface area contributed by atoms with E-state index in [-0.39, 0.29) is 0 Å². The molecule has 0 aliphatic rings. The molecule has 0 N–H and O–H groups in total. The number of nitrogens with zero attached hydrogens (tertiary/aromatic N) is 2. The smallest absolute Gasteiger partial charge is 0.0926 e. The van der Waals surface area contributed by atoms with Crippen molar-refractivity contribution in [2.75, 3.05) is 7.05 Å². The minimum atomic E-state index is 0.460. The van der Waals surface area contributed by atoms with Crippen LogP contribution in [0.15, 0.2) is 22.9 Å². The van der Waals surface area contributed by atoms with Crippen LogP contribution in [-0.2, 0) is 13.0 Å². The fourth-order valence-corrected chi connectivity index (χ4v) is 3.31. The Labute approximate surface area is 111 Å². The van der Waals surface area contributed by atoms with Crippen molar-refractivity contribution in [2.45, 2.75) is 32.9 Å². The number of hydrogen-bond donors (Lipinski definition) is 0. The molecule has 0 aliphatic carbocycles. The number of thiophene rings is 1. The van der Waals surface area contributed by atoms with Crippen LogP contribution in [0, 0.1) is 0 Å². The van der Waals surface area contributed by atoms with Crippen LogP contribution in [0.25, 0.3) is 0 Å². The number of hydrogen-bond acceptors (Lipinski definition) is 4. The van der Waals surface area contributed by atoms with E-state index in [0.717, 1.165) is 13.0 Å². The minimum absolute atomic E-state index is 0.460. The molecule has 17 heavy (non-hydrogen) atoms. The highest BCUT2D eigenvalue weighted by Gasteiger charge is 2.13. The normalized spacial score (nSPS) is 13.2. The predicted molar refractivity (Wildman–Crippen MR) is 75.7 cm³/mol. The summed E-state index contributed by atoms with van der Waals surface area (Å²) in [4.78, 5) is 8.38. The summed E-state index contributed by atoms with van der Waals surface area (Å²) in [5.74, 6) is 0. The van der Waals surface area contributed by atoms with E-state index in [0.29, 0.717) is 6.04 Å². The maximum atomic E-state index is 4.61. The molecule has 92 valence electrons. The second-order valence-corrected chi connectivity index (χ2v) is 6.11. The third-order valence-electron chi connectivity index (χ3n) is 2.93. The molecule has 0 saturated carbocycles. The summed E-state index contributed by atoms with van der Waals surface area (Å²) in [5, 5.41) is 5.55. The van der Waals surface area contributed by atoms with Crippen molar-refractivity contribution in [1.29, 1.82) is 0 Å². The quantitative estimate of drug-likeness (QED) is 0.814. The fourth-order valence-electron chi connectivity index (χ4n) is 1.72. The number of aryl methyl sites for hydroxylation is 1. The van der Waals surface area contributed by atoms with Gasteiger partial charge in [0.1, 0.15) is 0 Å². The number of rotatable bonds is 5. The molecule has 0 fully saturated rings. The van der Waals surface area contributed by atoms with Crippen molar-refractivity contribution in [3.05, 3.63) is 38.5 Å². The molecule has 1 atom stereocenters. The van der Waals surface area contributed by atoms with Gasteiger partial charge in [0.05, 0.1) is 10.7 Å². The lowest BCUT2D eigenvalue weighted by Gasteiger charge is -2.22. The Morgan fingerprint density at radius 2 is 2.24 bits per heavy atom. The first-order valence-corrected chi connectivity index (χ1v) is 7.63. The Balaban J connectivity index is 1.99. The highest BCUT2D eigenvalue weighted by molar-refractivity contribution is 7.10. The lowest BCUT2D eigenvalue weighted by Crippen LogP contribution is -2.21. The molecule has 1 unspecified atom stereocenters. The van der Waals surface area contributed by atoms with Crippen molar-refractivity contribution in [3.63, 3.8) is 0 Å². The van der Waals surface area contributed by atoms with Gasteiger partial charge in [-0.25, -0.2) is 4.98 Å². The van der Waals surface area contributed by atoms with Crippen molar-refractivity contribution in [1.82, 2.24) is 9.88 Å². The zero-order valence-electron chi connectivity index (χ0n) is 10.5. The SMILES string of the molecule is CCc1nc(CN(C)C(C)c2cccs2)cs1. The summed E-state index contributed by atoms with van der Waals surface area (Å²) in [6, 6.07) is 4.77. The summed E-state index contributed by atoms with van der Waals surface area (Å²) in [7, 11) is 2.16. The Bertz CT molecular complexity index is 448. The van der Waals surface area contributed by atoms with Crippen molar-refractivity contribution >= 4 is 22.7 Å². The average molecular weight is 266 g/mol. The highest BCUT2D eigenvalue weighted by Crippen LogP contribution is 2.24. The van der Waals surface area contributed by atoms with Gasteiger partial charge < -0.3 is 0 Å². The highest BCUT2D eigenvalue weighted by atomic mass is 32.1. The van der Waals surface area contributed by atoms with Gasteiger partial charge in [-0.05, 0) is 31.8 Å². The van der Waals surface area contributed by atoms with Crippen molar-refractivity contribution in [2.24, 2.45) is 0 Å². The van der Waals surface area contributed by atoms with E-state index in [1.165, 1.54) is 15.6 Å². The van der Waals surface area contributed by atoms with Crippen LogP contribution in [0.4, 0.5) is 0 Å². The van der Waals surface area contributed by atoms with Gasteiger partial charge in [-0.3, -0.25) is 4.90 Å². The molecular weight excluding hydrogens is 248 g/mol. The van der Waals surface area contributed by atoms with Crippen LogP contribution in [0.2, 0.25) is 0 Å². The summed E-state index contributed by atoms with van der Waals surface area (Å²) >= 11 is 3.59. The minimum Gasteiger partial charge on any atom is -0.293 e. The van der Waals surface area contributed by atoms with Crippen LogP contribution < -0.4 is 0 Å². The molecule has 2 heterocycles. The third kappa shape index (κ3) is 3.15. The van der Waals surface area contributed by atoms with Crippen molar-refractivity contribution < 1.29 is 0 Å². The molecule has 0 bridgehead atoms. The summed E-state index contributed by atoms with van der Waals surface area (Å²) in [6.07, 6.45) is 1.04. The Morgan fingerprint density at radius 3 is 2.82 bits per heavy atom. The van der Waals surface area contributed by atoms with E-state index < -0.39 is 0 Å². The molecule has 0 saturated heterocycles. The monoisotopic (exact) mass is 266 g/mol.